The zero-order valence-electron chi connectivity index (χ0n) is 18.8. The monoisotopic (exact) mass is 494 g/mol. The molecule has 1 saturated heterocycles. The van der Waals surface area contributed by atoms with Crippen molar-refractivity contribution in [3.63, 3.8) is 0 Å². The van der Waals surface area contributed by atoms with E-state index in [0.717, 1.165) is 16.8 Å². The molecular weight excluding hydrogens is 471 g/mol. The van der Waals surface area contributed by atoms with Gasteiger partial charge >= 0.3 is 0 Å². The Labute approximate surface area is 202 Å². The molecule has 7 nitrogen and oxygen atoms in total. The van der Waals surface area contributed by atoms with Crippen molar-refractivity contribution < 1.29 is 26.8 Å². The highest BCUT2D eigenvalue weighted by molar-refractivity contribution is 7.89. The van der Waals surface area contributed by atoms with Gasteiger partial charge in [-0.15, -0.1) is 0 Å². The molecule has 1 amide bonds. The van der Waals surface area contributed by atoms with Crippen LogP contribution in [0.25, 0.3) is 10.8 Å². The Hall–Kier alpha value is -3.69. The maximum Gasteiger partial charge on any atom is 0.289 e. The Morgan fingerprint density at radius 1 is 0.886 bits per heavy atom. The van der Waals surface area contributed by atoms with Crippen LogP contribution in [0.5, 0.6) is 5.75 Å². The van der Waals surface area contributed by atoms with Crippen LogP contribution in [0.4, 0.5) is 4.39 Å². The van der Waals surface area contributed by atoms with Gasteiger partial charge in [-0.25, -0.2) is 12.8 Å². The summed E-state index contributed by atoms with van der Waals surface area (Å²) >= 11 is 0. The molecule has 3 aromatic carbocycles. The van der Waals surface area contributed by atoms with Crippen molar-refractivity contribution in [3.8, 4) is 5.75 Å². The van der Waals surface area contributed by atoms with Gasteiger partial charge in [0.25, 0.3) is 5.91 Å². The fourth-order valence-electron chi connectivity index (χ4n) is 4.06. The molecule has 1 aliphatic rings. The van der Waals surface area contributed by atoms with Crippen LogP contribution >= 0.6 is 0 Å². The predicted molar refractivity (Wildman–Crippen MR) is 128 cm³/mol. The van der Waals surface area contributed by atoms with E-state index in [9.17, 15) is 17.6 Å². The number of carbonyl (C=O) groups excluding carboxylic acids is 1. The average Bonchev–Trinajstić information content (AvgIpc) is 3.36. The van der Waals surface area contributed by atoms with E-state index in [-0.39, 0.29) is 49.3 Å². The Balaban J connectivity index is 1.19. The van der Waals surface area contributed by atoms with Gasteiger partial charge in [-0.2, -0.15) is 4.31 Å². The van der Waals surface area contributed by atoms with Gasteiger partial charge in [0, 0.05) is 26.2 Å². The number of nitrogens with zero attached hydrogens (tertiary/aromatic N) is 2. The van der Waals surface area contributed by atoms with Crippen LogP contribution in [-0.2, 0) is 16.6 Å². The largest absolute Gasteiger partial charge is 0.486 e. The van der Waals surface area contributed by atoms with E-state index >= 15 is 0 Å². The Kier molecular flexibility index (Phi) is 6.27. The number of benzene rings is 3. The van der Waals surface area contributed by atoms with E-state index in [0.29, 0.717) is 11.5 Å². The van der Waals surface area contributed by atoms with E-state index in [1.54, 1.807) is 12.1 Å². The van der Waals surface area contributed by atoms with Gasteiger partial charge in [-0.1, -0.05) is 42.5 Å². The van der Waals surface area contributed by atoms with Gasteiger partial charge in [0.1, 0.15) is 28.8 Å². The predicted octanol–water partition coefficient (Wildman–Crippen LogP) is 4.30. The number of furan rings is 1. The van der Waals surface area contributed by atoms with Gasteiger partial charge in [0.15, 0.2) is 5.76 Å². The van der Waals surface area contributed by atoms with Crippen LogP contribution in [0.1, 0.15) is 16.3 Å². The lowest BCUT2D eigenvalue weighted by Gasteiger charge is -2.33. The average molecular weight is 495 g/mol. The Morgan fingerprint density at radius 3 is 2.37 bits per heavy atom. The molecule has 4 aromatic rings. The van der Waals surface area contributed by atoms with Crippen molar-refractivity contribution in [1.29, 1.82) is 0 Å². The standard InChI is InChI=1S/C26H23FN2O5S/c27-23-7-3-4-8-25(23)35(31,32)29-15-13-28(14-16-29)26(30)24-12-11-22(34-24)18-33-21-10-9-19-5-1-2-6-20(19)17-21/h1-12,17H,13-16,18H2. The second-order valence-electron chi connectivity index (χ2n) is 8.19. The number of sulfonamides is 1. The minimum absolute atomic E-state index is 0.0705. The first-order valence-electron chi connectivity index (χ1n) is 11.2. The van der Waals surface area contributed by atoms with Gasteiger partial charge in [0.2, 0.25) is 10.0 Å². The molecule has 5 rings (SSSR count). The molecule has 1 aromatic heterocycles. The van der Waals surface area contributed by atoms with Crippen LogP contribution in [0.15, 0.2) is 88.2 Å². The number of ether oxygens (including phenoxy) is 1. The molecule has 0 bridgehead atoms. The summed E-state index contributed by atoms with van der Waals surface area (Å²) in [5.41, 5.74) is 0. The van der Waals surface area contributed by atoms with Crippen LogP contribution in [0, 0.1) is 5.82 Å². The van der Waals surface area contributed by atoms with Crippen LogP contribution in [0.3, 0.4) is 0 Å². The number of fused-ring (bicyclic) bond motifs is 1. The number of hydrogen-bond acceptors (Lipinski definition) is 5. The second kappa shape index (κ2) is 9.52. The van der Waals surface area contributed by atoms with Crippen molar-refractivity contribution in [2.24, 2.45) is 0 Å². The number of halogens is 1. The van der Waals surface area contributed by atoms with E-state index < -0.39 is 15.8 Å². The number of piperazine rings is 1. The van der Waals surface area contributed by atoms with E-state index in [1.807, 2.05) is 42.5 Å². The third-order valence-electron chi connectivity index (χ3n) is 5.95. The molecular formula is C26H23FN2O5S. The number of amides is 1. The highest BCUT2D eigenvalue weighted by Crippen LogP contribution is 2.23. The van der Waals surface area contributed by atoms with Gasteiger partial charge < -0.3 is 14.1 Å². The molecule has 0 atom stereocenters. The minimum Gasteiger partial charge on any atom is -0.486 e. The summed E-state index contributed by atoms with van der Waals surface area (Å²) in [6, 6.07) is 22.3. The molecule has 0 spiro atoms. The summed E-state index contributed by atoms with van der Waals surface area (Å²) in [7, 11) is -3.97. The molecule has 0 N–H and O–H groups in total. The SMILES string of the molecule is O=C(c1ccc(COc2ccc3ccccc3c2)o1)N1CCN(S(=O)(=O)c2ccccc2F)CC1. The summed E-state index contributed by atoms with van der Waals surface area (Å²) in [6.45, 7) is 0.661. The van der Waals surface area contributed by atoms with Crippen molar-refractivity contribution in [2.75, 3.05) is 26.2 Å². The molecule has 0 saturated carbocycles. The first-order chi connectivity index (χ1) is 16.9. The Morgan fingerprint density at radius 2 is 1.60 bits per heavy atom. The van der Waals surface area contributed by atoms with E-state index in [4.69, 9.17) is 9.15 Å². The molecule has 0 aliphatic carbocycles. The normalized spacial score (nSPS) is 14.8. The maximum absolute atomic E-state index is 14.0. The third-order valence-corrected chi connectivity index (χ3v) is 7.89. The van der Waals surface area contributed by atoms with Crippen LogP contribution in [-0.4, -0.2) is 49.7 Å². The lowest BCUT2D eigenvalue weighted by atomic mass is 10.1. The molecule has 0 radical (unpaired) electrons. The second-order valence-corrected chi connectivity index (χ2v) is 10.1. The number of rotatable bonds is 6. The van der Waals surface area contributed by atoms with Crippen molar-refractivity contribution in [2.45, 2.75) is 11.5 Å². The molecule has 180 valence electrons. The molecule has 0 unspecified atom stereocenters. The van der Waals surface area contributed by atoms with Gasteiger partial charge in [-0.05, 0) is 47.2 Å². The van der Waals surface area contributed by atoms with Crippen LogP contribution in [0.2, 0.25) is 0 Å². The molecule has 35 heavy (non-hydrogen) atoms. The summed E-state index contributed by atoms with van der Waals surface area (Å²) < 4.78 is 52.3. The van der Waals surface area contributed by atoms with Gasteiger partial charge in [-0.3, -0.25) is 4.79 Å². The minimum atomic E-state index is -3.97. The molecule has 9 heteroatoms. The van der Waals surface area contributed by atoms with Gasteiger partial charge in [0.05, 0.1) is 0 Å². The molecule has 1 aliphatic heterocycles. The lowest BCUT2D eigenvalue weighted by Crippen LogP contribution is -2.50. The fourth-order valence-corrected chi connectivity index (χ4v) is 5.55. The van der Waals surface area contributed by atoms with Crippen molar-refractivity contribution in [3.05, 3.63) is 96.2 Å². The maximum atomic E-state index is 14.0. The third kappa shape index (κ3) is 4.78. The zero-order chi connectivity index (χ0) is 24.4. The first-order valence-corrected chi connectivity index (χ1v) is 12.6. The smallest absolute Gasteiger partial charge is 0.289 e. The summed E-state index contributed by atoms with van der Waals surface area (Å²) in [5, 5.41) is 2.18. The molecule has 1 fully saturated rings. The van der Waals surface area contributed by atoms with E-state index in [1.165, 1.54) is 27.4 Å². The topological polar surface area (TPSA) is 80.1 Å². The lowest BCUT2D eigenvalue weighted by molar-refractivity contribution is 0.0662. The van der Waals surface area contributed by atoms with Crippen molar-refractivity contribution >= 4 is 26.7 Å². The summed E-state index contributed by atoms with van der Waals surface area (Å²) in [5.74, 6) is 0.236. The summed E-state index contributed by atoms with van der Waals surface area (Å²) in [6.07, 6.45) is 0. The summed E-state index contributed by atoms with van der Waals surface area (Å²) in [4.78, 5) is 14.0. The van der Waals surface area contributed by atoms with Crippen LogP contribution < -0.4 is 4.74 Å². The Bertz CT molecular complexity index is 1480. The number of carbonyl (C=O) groups is 1. The number of hydrogen-bond donors (Lipinski definition) is 0. The van der Waals surface area contributed by atoms with E-state index in [2.05, 4.69) is 0 Å². The zero-order valence-corrected chi connectivity index (χ0v) is 19.6. The fraction of sp³-hybridized carbons (Fsp3) is 0.192. The van der Waals surface area contributed by atoms with Crippen molar-refractivity contribution in [1.82, 2.24) is 9.21 Å². The highest BCUT2D eigenvalue weighted by atomic mass is 32.2. The quantitative estimate of drug-likeness (QED) is 0.399. The molecule has 2 heterocycles. The first kappa shape index (κ1) is 23.1. The highest BCUT2D eigenvalue weighted by Gasteiger charge is 2.32.